The van der Waals surface area contributed by atoms with E-state index in [0.717, 1.165) is 12.1 Å². The minimum absolute atomic E-state index is 0.375. The van der Waals surface area contributed by atoms with E-state index in [1.807, 2.05) is 6.20 Å². The first kappa shape index (κ1) is 8.95. The summed E-state index contributed by atoms with van der Waals surface area (Å²) in [7, 11) is 0. The van der Waals surface area contributed by atoms with Gasteiger partial charge in [-0.25, -0.2) is 9.97 Å². The number of nitrogens with zero attached hydrogens (tertiary/aromatic N) is 2. The molecule has 2 atom stereocenters. The highest BCUT2D eigenvalue weighted by molar-refractivity contribution is 6.28. The third-order valence-corrected chi connectivity index (χ3v) is 2.88. The van der Waals surface area contributed by atoms with Gasteiger partial charge >= 0.3 is 0 Å². The molecule has 2 nitrogen and oxygen atoms in total. The van der Waals surface area contributed by atoms with E-state index >= 15 is 0 Å². The predicted octanol–water partition coefficient (Wildman–Crippen LogP) is 2.82. The molecule has 2 rings (SSSR count). The molecule has 0 spiro atoms. The normalized spacial score (nSPS) is 27.0. The predicted molar refractivity (Wildman–Crippen MR) is 52.9 cm³/mol. The molecule has 0 aromatic carbocycles. The van der Waals surface area contributed by atoms with E-state index < -0.39 is 0 Å². The van der Waals surface area contributed by atoms with Crippen LogP contribution < -0.4 is 0 Å². The van der Waals surface area contributed by atoms with E-state index in [-0.39, 0.29) is 0 Å². The SMILES string of the molecule is CC1Cc2nc(Cl)ncc2C(C)C1. The quantitative estimate of drug-likeness (QED) is 0.597. The number of rotatable bonds is 0. The van der Waals surface area contributed by atoms with Gasteiger partial charge < -0.3 is 0 Å². The van der Waals surface area contributed by atoms with Gasteiger partial charge in [0.15, 0.2) is 0 Å². The molecular formula is C10H13ClN2. The molecule has 1 aliphatic carbocycles. The standard InChI is InChI=1S/C10H13ClN2/c1-6-3-7(2)8-5-12-10(11)13-9(8)4-6/h5-7H,3-4H2,1-2H3. The second-order valence-electron chi connectivity index (χ2n) is 3.99. The largest absolute Gasteiger partial charge is 0.226 e. The van der Waals surface area contributed by atoms with Crippen LogP contribution in [0, 0.1) is 5.92 Å². The summed E-state index contributed by atoms with van der Waals surface area (Å²) in [5.74, 6) is 1.30. The number of hydrogen-bond acceptors (Lipinski definition) is 2. The Balaban J connectivity index is 2.43. The number of halogens is 1. The average molecular weight is 197 g/mol. The Kier molecular flexibility index (Phi) is 2.24. The van der Waals surface area contributed by atoms with Crippen LogP contribution in [-0.2, 0) is 6.42 Å². The number of fused-ring (bicyclic) bond motifs is 1. The van der Waals surface area contributed by atoms with Crippen molar-refractivity contribution in [2.75, 3.05) is 0 Å². The fourth-order valence-electron chi connectivity index (χ4n) is 2.12. The molecule has 1 aromatic rings. The van der Waals surface area contributed by atoms with Gasteiger partial charge in [-0.05, 0) is 41.8 Å². The molecule has 1 aromatic heterocycles. The van der Waals surface area contributed by atoms with E-state index in [2.05, 4.69) is 23.8 Å². The molecule has 0 amide bonds. The van der Waals surface area contributed by atoms with Crippen molar-refractivity contribution in [2.24, 2.45) is 5.92 Å². The van der Waals surface area contributed by atoms with Crippen LogP contribution in [0.5, 0.6) is 0 Å². The van der Waals surface area contributed by atoms with Crippen molar-refractivity contribution in [3.05, 3.63) is 22.7 Å². The van der Waals surface area contributed by atoms with Crippen molar-refractivity contribution in [1.82, 2.24) is 9.97 Å². The Hall–Kier alpha value is -0.630. The Labute approximate surface area is 83.4 Å². The first-order valence-corrected chi connectivity index (χ1v) is 5.06. The molecule has 2 unspecified atom stereocenters. The fourth-order valence-corrected chi connectivity index (χ4v) is 2.27. The van der Waals surface area contributed by atoms with Crippen molar-refractivity contribution in [3.8, 4) is 0 Å². The maximum absolute atomic E-state index is 5.75. The maximum Gasteiger partial charge on any atom is 0.222 e. The summed E-state index contributed by atoms with van der Waals surface area (Å²) in [5, 5.41) is 0.375. The van der Waals surface area contributed by atoms with Crippen molar-refractivity contribution >= 4 is 11.6 Å². The molecule has 0 radical (unpaired) electrons. The first-order valence-electron chi connectivity index (χ1n) is 4.68. The molecule has 1 heterocycles. The Bertz CT molecular complexity index is 325. The Morgan fingerprint density at radius 3 is 3.00 bits per heavy atom. The van der Waals surface area contributed by atoms with Crippen LogP contribution in [-0.4, -0.2) is 9.97 Å². The third-order valence-electron chi connectivity index (χ3n) is 2.70. The maximum atomic E-state index is 5.75. The van der Waals surface area contributed by atoms with Gasteiger partial charge in [-0.15, -0.1) is 0 Å². The van der Waals surface area contributed by atoms with Crippen LogP contribution in [0.2, 0.25) is 5.28 Å². The topological polar surface area (TPSA) is 25.8 Å². The van der Waals surface area contributed by atoms with Crippen molar-refractivity contribution < 1.29 is 0 Å². The fraction of sp³-hybridized carbons (Fsp3) is 0.600. The number of aromatic nitrogens is 2. The van der Waals surface area contributed by atoms with Gasteiger partial charge in [-0.2, -0.15) is 0 Å². The van der Waals surface area contributed by atoms with Crippen LogP contribution in [0.4, 0.5) is 0 Å². The summed E-state index contributed by atoms with van der Waals surface area (Å²) < 4.78 is 0. The molecule has 0 bridgehead atoms. The summed E-state index contributed by atoms with van der Waals surface area (Å²) in [6.45, 7) is 4.49. The zero-order valence-corrected chi connectivity index (χ0v) is 8.67. The van der Waals surface area contributed by atoms with E-state index in [1.165, 1.54) is 12.0 Å². The monoisotopic (exact) mass is 196 g/mol. The van der Waals surface area contributed by atoms with Crippen molar-refractivity contribution in [3.63, 3.8) is 0 Å². The lowest BCUT2D eigenvalue weighted by molar-refractivity contribution is 0.440. The Morgan fingerprint density at radius 1 is 1.46 bits per heavy atom. The van der Waals surface area contributed by atoms with Gasteiger partial charge in [0.1, 0.15) is 0 Å². The van der Waals surface area contributed by atoms with E-state index in [1.54, 1.807) is 0 Å². The van der Waals surface area contributed by atoms with Gasteiger partial charge in [0.2, 0.25) is 5.28 Å². The third kappa shape index (κ3) is 1.68. The van der Waals surface area contributed by atoms with Crippen LogP contribution in [0.15, 0.2) is 6.20 Å². The second kappa shape index (κ2) is 3.26. The molecule has 3 heteroatoms. The summed E-state index contributed by atoms with van der Waals surface area (Å²) in [6, 6.07) is 0. The first-order chi connectivity index (χ1) is 6.16. The van der Waals surface area contributed by atoms with Gasteiger partial charge in [-0.1, -0.05) is 13.8 Å². The van der Waals surface area contributed by atoms with Crippen LogP contribution >= 0.6 is 11.6 Å². The summed E-state index contributed by atoms with van der Waals surface area (Å²) in [4.78, 5) is 8.29. The minimum Gasteiger partial charge on any atom is -0.226 e. The molecule has 1 aliphatic rings. The minimum atomic E-state index is 0.375. The Morgan fingerprint density at radius 2 is 2.23 bits per heavy atom. The summed E-state index contributed by atoms with van der Waals surface area (Å²) in [6.07, 6.45) is 4.15. The van der Waals surface area contributed by atoms with Gasteiger partial charge in [0.05, 0.1) is 0 Å². The summed E-state index contributed by atoms with van der Waals surface area (Å²) in [5.41, 5.74) is 2.42. The highest BCUT2D eigenvalue weighted by Crippen LogP contribution is 2.33. The summed E-state index contributed by atoms with van der Waals surface area (Å²) >= 11 is 5.75. The second-order valence-corrected chi connectivity index (χ2v) is 4.33. The van der Waals surface area contributed by atoms with E-state index in [0.29, 0.717) is 17.1 Å². The van der Waals surface area contributed by atoms with Gasteiger partial charge in [0, 0.05) is 11.9 Å². The molecule has 13 heavy (non-hydrogen) atoms. The van der Waals surface area contributed by atoms with Crippen molar-refractivity contribution in [2.45, 2.75) is 32.6 Å². The smallest absolute Gasteiger partial charge is 0.222 e. The molecule has 0 saturated heterocycles. The molecular weight excluding hydrogens is 184 g/mol. The average Bonchev–Trinajstić information content (AvgIpc) is 2.02. The van der Waals surface area contributed by atoms with E-state index in [9.17, 15) is 0 Å². The van der Waals surface area contributed by atoms with E-state index in [4.69, 9.17) is 11.6 Å². The van der Waals surface area contributed by atoms with Gasteiger partial charge in [0.25, 0.3) is 0 Å². The van der Waals surface area contributed by atoms with Crippen LogP contribution in [0.1, 0.15) is 37.4 Å². The molecule has 0 fully saturated rings. The van der Waals surface area contributed by atoms with Crippen LogP contribution in [0.25, 0.3) is 0 Å². The zero-order valence-electron chi connectivity index (χ0n) is 7.92. The van der Waals surface area contributed by atoms with Crippen LogP contribution in [0.3, 0.4) is 0 Å². The van der Waals surface area contributed by atoms with Gasteiger partial charge in [-0.3, -0.25) is 0 Å². The molecule has 70 valence electrons. The lowest BCUT2D eigenvalue weighted by Crippen LogP contribution is -2.16. The zero-order chi connectivity index (χ0) is 9.42. The number of hydrogen-bond donors (Lipinski definition) is 0. The lowest BCUT2D eigenvalue weighted by atomic mass is 9.82. The molecule has 0 aliphatic heterocycles. The lowest BCUT2D eigenvalue weighted by Gasteiger charge is -2.25. The highest BCUT2D eigenvalue weighted by atomic mass is 35.5. The van der Waals surface area contributed by atoms with Crippen molar-refractivity contribution in [1.29, 1.82) is 0 Å². The molecule has 0 N–H and O–H groups in total. The molecule has 0 saturated carbocycles. The highest BCUT2D eigenvalue weighted by Gasteiger charge is 2.22.